The van der Waals surface area contributed by atoms with Crippen LogP contribution in [0, 0.1) is 0 Å². The van der Waals surface area contributed by atoms with E-state index in [2.05, 4.69) is 27.8 Å². The molecule has 90 valence electrons. The molecule has 0 aliphatic heterocycles. The van der Waals surface area contributed by atoms with Crippen molar-refractivity contribution in [3.8, 4) is 11.6 Å². The van der Waals surface area contributed by atoms with Gasteiger partial charge in [-0.25, -0.2) is 4.98 Å². The molecule has 16 heavy (non-hydrogen) atoms. The van der Waals surface area contributed by atoms with E-state index in [1.807, 2.05) is 6.07 Å². The Bertz CT molecular complexity index is 342. The summed E-state index contributed by atoms with van der Waals surface area (Å²) in [5.74, 6) is 1.44. The predicted octanol–water partition coefficient (Wildman–Crippen LogP) is 3.59. The van der Waals surface area contributed by atoms with E-state index in [9.17, 15) is 0 Å². The van der Waals surface area contributed by atoms with Gasteiger partial charge in [-0.15, -0.1) is 0 Å². The summed E-state index contributed by atoms with van der Waals surface area (Å²) >= 11 is 3.40. The minimum Gasteiger partial charge on any atom is -0.495 e. The molecule has 1 rings (SSSR count). The van der Waals surface area contributed by atoms with Crippen LogP contribution in [0.1, 0.15) is 31.9 Å². The van der Waals surface area contributed by atoms with E-state index < -0.39 is 0 Å². The molecule has 0 aliphatic rings. The molecule has 0 saturated heterocycles. The Morgan fingerprint density at radius 2 is 2.00 bits per heavy atom. The average Bonchev–Trinajstić information content (AvgIpc) is 2.30. The second kappa shape index (κ2) is 6.74. The molecule has 1 aromatic heterocycles. The van der Waals surface area contributed by atoms with Crippen molar-refractivity contribution in [3.63, 3.8) is 0 Å². The number of aryl methyl sites for hydroxylation is 1. The number of unbranched alkanes of at least 4 members (excludes halogenated alkanes) is 2. The van der Waals surface area contributed by atoms with Crippen molar-refractivity contribution in [1.29, 1.82) is 0 Å². The summed E-state index contributed by atoms with van der Waals surface area (Å²) in [6, 6.07) is 1.91. The van der Waals surface area contributed by atoms with Crippen molar-refractivity contribution in [2.75, 3.05) is 14.2 Å². The molecule has 0 amide bonds. The van der Waals surface area contributed by atoms with Gasteiger partial charge < -0.3 is 9.47 Å². The van der Waals surface area contributed by atoms with Gasteiger partial charge in [0.2, 0.25) is 5.88 Å². The largest absolute Gasteiger partial charge is 0.495 e. The van der Waals surface area contributed by atoms with E-state index in [-0.39, 0.29) is 0 Å². The van der Waals surface area contributed by atoms with Gasteiger partial charge in [-0.1, -0.05) is 19.8 Å². The zero-order chi connectivity index (χ0) is 12.0. The number of ether oxygens (including phenoxy) is 2. The maximum atomic E-state index is 5.31. The Balaban J connectivity index is 2.86. The number of rotatable bonds is 6. The van der Waals surface area contributed by atoms with Crippen LogP contribution in [-0.2, 0) is 6.42 Å². The average molecular weight is 288 g/mol. The number of pyridine rings is 1. The van der Waals surface area contributed by atoms with Gasteiger partial charge in [-0.05, 0) is 28.8 Å². The Labute approximate surface area is 105 Å². The van der Waals surface area contributed by atoms with Crippen molar-refractivity contribution in [3.05, 3.63) is 16.2 Å². The van der Waals surface area contributed by atoms with Gasteiger partial charge in [0.1, 0.15) is 5.75 Å². The minimum absolute atomic E-state index is 0.618. The zero-order valence-electron chi connectivity index (χ0n) is 10.0. The van der Waals surface area contributed by atoms with Crippen LogP contribution in [-0.4, -0.2) is 19.2 Å². The van der Waals surface area contributed by atoms with Crippen molar-refractivity contribution in [1.82, 2.24) is 4.98 Å². The normalized spacial score (nSPS) is 10.2. The second-order valence-electron chi connectivity index (χ2n) is 3.59. The van der Waals surface area contributed by atoms with Gasteiger partial charge in [0.15, 0.2) is 0 Å². The summed E-state index contributed by atoms with van der Waals surface area (Å²) in [5, 5.41) is 0. The lowest BCUT2D eigenvalue weighted by atomic mass is 10.1. The highest BCUT2D eigenvalue weighted by Crippen LogP contribution is 2.30. The fraction of sp³-hybridized carbons (Fsp3) is 0.583. The van der Waals surface area contributed by atoms with Gasteiger partial charge >= 0.3 is 0 Å². The summed E-state index contributed by atoms with van der Waals surface area (Å²) < 4.78 is 11.3. The van der Waals surface area contributed by atoms with E-state index in [0.717, 1.165) is 28.8 Å². The third-order valence-corrected chi connectivity index (χ3v) is 2.98. The van der Waals surface area contributed by atoms with Crippen LogP contribution < -0.4 is 9.47 Å². The van der Waals surface area contributed by atoms with E-state index in [1.54, 1.807) is 14.2 Å². The SMILES string of the molecule is CCCCCc1nc(OC)c(Br)cc1OC. The molecule has 0 N–H and O–H groups in total. The van der Waals surface area contributed by atoms with Crippen LogP contribution in [0.3, 0.4) is 0 Å². The highest BCUT2D eigenvalue weighted by Gasteiger charge is 2.10. The molecule has 0 aliphatic carbocycles. The summed E-state index contributed by atoms with van der Waals surface area (Å²) in [6.45, 7) is 2.19. The molecular formula is C12H18BrNO2. The number of methoxy groups -OCH3 is 2. The van der Waals surface area contributed by atoms with Crippen LogP contribution in [0.2, 0.25) is 0 Å². The van der Waals surface area contributed by atoms with Crippen molar-refractivity contribution < 1.29 is 9.47 Å². The van der Waals surface area contributed by atoms with Crippen molar-refractivity contribution in [2.45, 2.75) is 32.6 Å². The smallest absolute Gasteiger partial charge is 0.228 e. The summed E-state index contributed by atoms with van der Waals surface area (Å²) in [6.07, 6.45) is 4.48. The van der Waals surface area contributed by atoms with Crippen LogP contribution in [0.25, 0.3) is 0 Å². The number of hydrogen-bond donors (Lipinski definition) is 0. The zero-order valence-corrected chi connectivity index (χ0v) is 11.6. The summed E-state index contributed by atoms with van der Waals surface area (Å²) in [4.78, 5) is 4.44. The number of halogens is 1. The maximum absolute atomic E-state index is 5.31. The van der Waals surface area contributed by atoms with Crippen molar-refractivity contribution >= 4 is 15.9 Å². The Morgan fingerprint density at radius 3 is 2.56 bits per heavy atom. The molecule has 0 radical (unpaired) electrons. The van der Waals surface area contributed by atoms with Crippen LogP contribution in [0.15, 0.2) is 10.5 Å². The van der Waals surface area contributed by atoms with Crippen LogP contribution in [0.4, 0.5) is 0 Å². The van der Waals surface area contributed by atoms with E-state index >= 15 is 0 Å². The second-order valence-corrected chi connectivity index (χ2v) is 4.44. The summed E-state index contributed by atoms with van der Waals surface area (Å²) in [5.41, 5.74) is 0.969. The molecule has 0 atom stereocenters. The van der Waals surface area contributed by atoms with E-state index in [0.29, 0.717) is 5.88 Å². The van der Waals surface area contributed by atoms with Gasteiger partial charge in [-0.3, -0.25) is 0 Å². The standard InChI is InChI=1S/C12H18BrNO2/c1-4-5-6-7-10-11(15-2)8-9(13)12(14-10)16-3/h8H,4-7H2,1-3H3. The Hall–Kier alpha value is -0.770. The lowest BCUT2D eigenvalue weighted by Gasteiger charge is -2.10. The fourth-order valence-electron chi connectivity index (χ4n) is 1.53. The predicted molar refractivity (Wildman–Crippen MR) is 68.3 cm³/mol. The molecule has 0 saturated carbocycles. The number of nitrogens with zero attached hydrogens (tertiary/aromatic N) is 1. The van der Waals surface area contributed by atoms with Crippen molar-refractivity contribution in [2.24, 2.45) is 0 Å². The molecule has 4 heteroatoms. The molecule has 0 unspecified atom stereocenters. The lowest BCUT2D eigenvalue weighted by Crippen LogP contribution is -1.99. The highest BCUT2D eigenvalue weighted by molar-refractivity contribution is 9.10. The Kier molecular flexibility index (Phi) is 5.60. The molecular weight excluding hydrogens is 270 g/mol. The number of aromatic nitrogens is 1. The van der Waals surface area contributed by atoms with Crippen LogP contribution in [0.5, 0.6) is 11.6 Å². The molecule has 0 aromatic carbocycles. The highest BCUT2D eigenvalue weighted by atomic mass is 79.9. The first-order chi connectivity index (χ1) is 7.72. The number of hydrogen-bond acceptors (Lipinski definition) is 3. The molecule has 0 spiro atoms. The molecule has 0 fully saturated rings. The van der Waals surface area contributed by atoms with Gasteiger partial charge in [0.25, 0.3) is 0 Å². The van der Waals surface area contributed by atoms with E-state index in [4.69, 9.17) is 9.47 Å². The van der Waals surface area contributed by atoms with Gasteiger partial charge in [-0.2, -0.15) is 0 Å². The molecule has 1 heterocycles. The van der Waals surface area contributed by atoms with E-state index in [1.165, 1.54) is 12.8 Å². The monoisotopic (exact) mass is 287 g/mol. The molecule has 0 bridgehead atoms. The molecule has 1 aromatic rings. The third kappa shape index (κ3) is 3.37. The minimum atomic E-state index is 0.618. The lowest BCUT2D eigenvalue weighted by molar-refractivity contribution is 0.379. The fourth-order valence-corrected chi connectivity index (χ4v) is 1.99. The third-order valence-electron chi connectivity index (χ3n) is 2.41. The topological polar surface area (TPSA) is 31.4 Å². The first-order valence-electron chi connectivity index (χ1n) is 5.50. The maximum Gasteiger partial charge on any atom is 0.228 e. The van der Waals surface area contributed by atoms with Crippen LogP contribution >= 0.6 is 15.9 Å². The first kappa shape index (κ1) is 13.3. The summed E-state index contributed by atoms with van der Waals surface area (Å²) in [7, 11) is 3.29. The molecule has 3 nitrogen and oxygen atoms in total. The Morgan fingerprint density at radius 1 is 1.25 bits per heavy atom. The van der Waals surface area contributed by atoms with Gasteiger partial charge in [0, 0.05) is 6.07 Å². The quantitative estimate of drug-likeness (QED) is 0.750. The van der Waals surface area contributed by atoms with Gasteiger partial charge in [0.05, 0.1) is 24.4 Å². The first-order valence-corrected chi connectivity index (χ1v) is 6.29.